The third-order valence-corrected chi connectivity index (χ3v) is 2.61. The van der Waals surface area contributed by atoms with Crippen molar-refractivity contribution in [2.75, 3.05) is 12.3 Å². The molecule has 100 valence electrons. The standard InChI is InChI=1S/C14H17N3O2/c1-2-7-19-13-5-3-11(4-6-13)14(18)10-17-9-12(15)8-16-17/h3-6,8-9H,2,7,10,15H2,1H3. The number of aromatic nitrogens is 2. The predicted octanol–water partition coefficient (Wildman–Crippen LogP) is 2.14. The third-order valence-electron chi connectivity index (χ3n) is 2.61. The van der Waals surface area contributed by atoms with Gasteiger partial charge in [-0.2, -0.15) is 5.10 Å². The highest BCUT2D eigenvalue weighted by Crippen LogP contribution is 2.13. The molecule has 2 N–H and O–H groups in total. The molecule has 2 aromatic rings. The van der Waals surface area contributed by atoms with Crippen LogP contribution < -0.4 is 10.5 Å². The van der Waals surface area contributed by atoms with Crippen LogP contribution >= 0.6 is 0 Å². The van der Waals surface area contributed by atoms with Gasteiger partial charge in [-0.3, -0.25) is 9.48 Å². The molecule has 0 aliphatic carbocycles. The fourth-order valence-corrected chi connectivity index (χ4v) is 1.66. The van der Waals surface area contributed by atoms with Crippen LogP contribution in [0.3, 0.4) is 0 Å². The quantitative estimate of drug-likeness (QED) is 0.807. The van der Waals surface area contributed by atoms with Crippen LogP contribution in [0.25, 0.3) is 0 Å². The summed E-state index contributed by atoms with van der Waals surface area (Å²) in [7, 11) is 0. The number of Topliss-reactive ketones (excluding diaryl/α,β-unsaturated/α-hetero) is 1. The van der Waals surface area contributed by atoms with Gasteiger partial charge in [0.05, 0.1) is 18.5 Å². The van der Waals surface area contributed by atoms with Crippen molar-refractivity contribution in [1.82, 2.24) is 9.78 Å². The second-order valence-corrected chi connectivity index (χ2v) is 4.27. The van der Waals surface area contributed by atoms with Gasteiger partial charge < -0.3 is 10.5 Å². The highest BCUT2D eigenvalue weighted by molar-refractivity contribution is 5.95. The minimum atomic E-state index is -0.00913. The number of carbonyl (C=O) groups is 1. The SMILES string of the molecule is CCCOc1ccc(C(=O)Cn2cc(N)cn2)cc1. The molecule has 0 radical (unpaired) electrons. The van der Waals surface area contributed by atoms with Crippen LogP contribution in [0, 0.1) is 0 Å². The number of hydrogen-bond donors (Lipinski definition) is 1. The largest absolute Gasteiger partial charge is 0.494 e. The van der Waals surface area contributed by atoms with Crippen LogP contribution in [0.15, 0.2) is 36.7 Å². The van der Waals surface area contributed by atoms with E-state index in [-0.39, 0.29) is 12.3 Å². The summed E-state index contributed by atoms with van der Waals surface area (Å²) in [4.78, 5) is 12.0. The summed E-state index contributed by atoms with van der Waals surface area (Å²) >= 11 is 0. The summed E-state index contributed by atoms with van der Waals surface area (Å²) in [6.07, 6.45) is 4.12. The summed E-state index contributed by atoms with van der Waals surface area (Å²) in [5.74, 6) is 0.770. The van der Waals surface area contributed by atoms with Gasteiger partial charge in [0.2, 0.25) is 0 Å². The van der Waals surface area contributed by atoms with E-state index in [1.807, 2.05) is 6.92 Å². The van der Waals surface area contributed by atoms with Crippen molar-refractivity contribution in [2.45, 2.75) is 19.9 Å². The number of hydrogen-bond acceptors (Lipinski definition) is 4. The molecule has 1 heterocycles. The summed E-state index contributed by atoms with van der Waals surface area (Å²) in [6.45, 7) is 2.92. The van der Waals surface area contributed by atoms with Gasteiger partial charge in [0.1, 0.15) is 12.3 Å². The van der Waals surface area contributed by atoms with E-state index in [0.29, 0.717) is 17.9 Å². The highest BCUT2D eigenvalue weighted by atomic mass is 16.5. The zero-order valence-electron chi connectivity index (χ0n) is 10.9. The molecule has 0 bridgehead atoms. The molecule has 0 aliphatic rings. The summed E-state index contributed by atoms with van der Waals surface area (Å²) < 4.78 is 6.99. The van der Waals surface area contributed by atoms with Gasteiger partial charge in [-0.25, -0.2) is 0 Å². The molecule has 0 fully saturated rings. The molecular formula is C14H17N3O2. The Labute approximate surface area is 112 Å². The molecule has 2 rings (SSSR count). The number of carbonyl (C=O) groups excluding carboxylic acids is 1. The maximum absolute atomic E-state index is 12.0. The average Bonchev–Trinajstić information content (AvgIpc) is 2.82. The second kappa shape index (κ2) is 6.04. The number of ketones is 1. The Morgan fingerprint density at radius 3 is 2.68 bits per heavy atom. The van der Waals surface area contributed by atoms with E-state index >= 15 is 0 Å². The van der Waals surface area contributed by atoms with Gasteiger partial charge in [-0.1, -0.05) is 6.92 Å². The van der Waals surface area contributed by atoms with Gasteiger partial charge in [-0.05, 0) is 30.7 Å². The molecule has 19 heavy (non-hydrogen) atoms. The van der Waals surface area contributed by atoms with Crippen molar-refractivity contribution >= 4 is 11.5 Å². The number of nitrogens with zero attached hydrogens (tertiary/aromatic N) is 2. The van der Waals surface area contributed by atoms with Crippen molar-refractivity contribution in [2.24, 2.45) is 0 Å². The fourth-order valence-electron chi connectivity index (χ4n) is 1.66. The maximum Gasteiger partial charge on any atom is 0.184 e. The lowest BCUT2D eigenvalue weighted by Crippen LogP contribution is -2.10. The molecule has 5 nitrogen and oxygen atoms in total. The van der Waals surface area contributed by atoms with Gasteiger partial charge in [0.25, 0.3) is 0 Å². The molecule has 0 aliphatic heterocycles. The van der Waals surface area contributed by atoms with E-state index in [2.05, 4.69) is 5.10 Å². The zero-order valence-corrected chi connectivity index (χ0v) is 10.9. The lowest BCUT2D eigenvalue weighted by Gasteiger charge is -2.05. The first-order valence-corrected chi connectivity index (χ1v) is 6.23. The topological polar surface area (TPSA) is 70.1 Å². The Morgan fingerprint density at radius 2 is 2.11 bits per heavy atom. The van der Waals surface area contributed by atoms with E-state index in [1.165, 1.54) is 10.9 Å². The third kappa shape index (κ3) is 3.58. The molecule has 1 aromatic carbocycles. The number of nitrogen functional groups attached to an aromatic ring is 1. The monoisotopic (exact) mass is 259 g/mol. The van der Waals surface area contributed by atoms with Gasteiger partial charge in [0, 0.05) is 11.8 Å². The van der Waals surface area contributed by atoms with Crippen molar-refractivity contribution in [3.63, 3.8) is 0 Å². The number of benzene rings is 1. The van der Waals surface area contributed by atoms with Crippen molar-refractivity contribution in [3.05, 3.63) is 42.2 Å². The highest BCUT2D eigenvalue weighted by Gasteiger charge is 2.07. The lowest BCUT2D eigenvalue weighted by atomic mass is 10.1. The van der Waals surface area contributed by atoms with E-state index in [4.69, 9.17) is 10.5 Å². The summed E-state index contributed by atoms with van der Waals surface area (Å²) in [5.41, 5.74) is 6.74. The molecule has 1 aromatic heterocycles. The van der Waals surface area contributed by atoms with Crippen LogP contribution in [0.5, 0.6) is 5.75 Å². The molecule has 0 amide bonds. The van der Waals surface area contributed by atoms with Crippen LogP contribution in [-0.4, -0.2) is 22.2 Å². The molecule has 0 unspecified atom stereocenters. The Kier molecular flexibility index (Phi) is 4.18. The Balaban J connectivity index is 1.99. The van der Waals surface area contributed by atoms with Crippen molar-refractivity contribution < 1.29 is 9.53 Å². The van der Waals surface area contributed by atoms with Crippen LogP contribution in [0.1, 0.15) is 23.7 Å². The molecule has 0 spiro atoms. The first-order chi connectivity index (χ1) is 9.19. The van der Waals surface area contributed by atoms with Crippen molar-refractivity contribution in [3.8, 4) is 5.75 Å². The minimum absolute atomic E-state index is 0.00913. The molecule has 0 atom stereocenters. The summed E-state index contributed by atoms with van der Waals surface area (Å²) in [6, 6.07) is 7.14. The number of anilines is 1. The fraction of sp³-hybridized carbons (Fsp3) is 0.286. The van der Waals surface area contributed by atoms with E-state index in [9.17, 15) is 4.79 Å². The Hall–Kier alpha value is -2.30. The van der Waals surface area contributed by atoms with E-state index < -0.39 is 0 Å². The van der Waals surface area contributed by atoms with E-state index in [0.717, 1.165) is 12.2 Å². The van der Waals surface area contributed by atoms with Crippen LogP contribution in [0.4, 0.5) is 5.69 Å². The Morgan fingerprint density at radius 1 is 1.37 bits per heavy atom. The predicted molar refractivity (Wildman–Crippen MR) is 73.2 cm³/mol. The number of nitrogens with two attached hydrogens (primary N) is 1. The lowest BCUT2D eigenvalue weighted by molar-refractivity contribution is 0.0967. The molecular weight excluding hydrogens is 242 g/mol. The van der Waals surface area contributed by atoms with Gasteiger partial charge >= 0.3 is 0 Å². The Bertz CT molecular complexity index is 546. The van der Waals surface area contributed by atoms with Crippen molar-refractivity contribution in [1.29, 1.82) is 0 Å². The number of rotatable bonds is 6. The molecule has 0 saturated carbocycles. The maximum atomic E-state index is 12.0. The van der Waals surface area contributed by atoms with E-state index in [1.54, 1.807) is 30.5 Å². The number of ether oxygens (including phenoxy) is 1. The first-order valence-electron chi connectivity index (χ1n) is 6.23. The van der Waals surface area contributed by atoms with Gasteiger partial charge in [0.15, 0.2) is 5.78 Å². The first kappa shape index (κ1) is 13.1. The van der Waals surface area contributed by atoms with Gasteiger partial charge in [-0.15, -0.1) is 0 Å². The second-order valence-electron chi connectivity index (χ2n) is 4.27. The average molecular weight is 259 g/mol. The molecule has 5 heteroatoms. The van der Waals surface area contributed by atoms with Crippen LogP contribution in [-0.2, 0) is 6.54 Å². The zero-order chi connectivity index (χ0) is 13.7. The molecule has 0 saturated heterocycles. The normalized spacial score (nSPS) is 10.4. The smallest absolute Gasteiger partial charge is 0.184 e. The van der Waals surface area contributed by atoms with Crippen LogP contribution in [0.2, 0.25) is 0 Å². The minimum Gasteiger partial charge on any atom is -0.494 e. The summed E-state index contributed by atoms with van der Waals surface area (Å²) in [5, 5.41) is 3.99.